The lowest BCUT2D eigenvalue weighted by molar-refractivity contribution is 0.306. The second-order valence-corrected chi connectivity index (χ2v) is 5.49. The van der Waals surface area contributed by atoms with E-state index in [0.717, 1.165) is 10.4 Å². The van der Waals surface area contributed by atoms with Crippen molar-refractivity contribution in [2.75, 3.05) is 6.54 Å². The molecule has 2 rings (SSSR count). The summed E-state index contributed by atoms with van der Waals surface area (Å²) < 4.78 is 5.74. The Hall–Kier alpha value is -0.810. The summed E-state index contributed by atoms with van der Waals surface area (Å²) >= 11 is 13.7. The Kier molecular flexibility index (Phi) is 4.83. The number of hydrogen-bond acceptors (Lipinski definition) is 4. The van der Waals surface area contributed by atoms with Gasteiger partial charge in [0.2, 0.25) is 0 Å². The maximum atomic E-state index is 6.15. The number of benzene rings is 1. The zero-order chi connectivity index (χ0) is 13.0. The van der Waals surface area contributed by atoms with Crippen molar-refractivity contribution >= 4 is 34.5 Å². The summed E-state index contributed by atoms with van der Waals surface area (Å²) in [5.74, 6) is 0.653. The molecule has 0 aliphatic heterocycles. The molecule has 0 aliphatic carbocycles. The number of hydrogen-bond donors (Lipinski definition) is 1. The number of thiazole rings is 1. The average Bonchev–Trinajstić information content (AvgIpc) is 2.81. The SMILES string of the molecule is NCCc1cc(Cl)cc(Cl)c1OCc1cncs1. The van der Waals surface area contributed by atoms with Gasteiger partial charge in [-0.05, 0) is 30.7 Å². The quantitative estimate of drug-likeness (QED) is 0.919. The Morgan fingerprint density at radius 2 is 2.17 bits per heavy atom. The molecule has 2 N–H and O–H groups in total. The predicted octanol–water partition coefficient (Wildman–Crippen LogP) is 3.53. The second kappa shape index (κ2) is 6.38. The zero-order valence-electron chi connectivity index (χ0n) is 9.53. The third kappa shape index (κ3) is 3.36. The fourth-order valence-electron chi connectivity index (χ4n) is 1.57. The van der Waals surface area contributed by atoms with E-state index in [1.807, 2.05) is 6.07 Å². The van der Waals surface area contributed by atoms with Gasteiger partial charge in [0.25, 0.3) is 0 Å². The molecule has 0 amide bonds. The monoisotopic (exact) mass is 302 g/mol. The highest BCUT2D eigenvalue weighted by atomic mass is 35.5. The Labute approximate surface area is 120 Å². The van der Waals surface area contributed by atoms with Crippen LogP contribution in [0.2, 0.25) is 10.0 Å². The molecule has 2 aromatic rings. The van der Waals surface area contributed by atoms with E-state index in [0.29, 0.717) is 35.4 Å². The topological polar surface area (TPSA) is 48.1 Å². The minimum atomic E-state index is 0.448. The van der Waals surface area contributed by atoms with Crippen LogP contribution in [0.15, 0.2) is 23.8 Å². The van der Waals surface area contributed by atoms with Crippen molar-refractivity contribution < 1.29 is 4.74 Å². The summed E-state index contributed by atoms with van der Waals surface area (Å²) in [4.78, 5) is 5.04. The molecule has 0 fully saturated rings. The van der Waals surface area contributed by atoms with Crippen LogP contribution in [-0.2, 0) is 13.0 Å². The maximum Gasteiger partial charge on any atom is 0.141 e. The third-order valence-electron chi connectivity index (χ3n) is 2.34. The van der Waals surface area contributed by atoms with E-state index in [4.69, 9.17) is 33.7 Å². The number of rotatable bonds is 5. The van der Waals surface area contributed by atoms with Crippen LogP contribution in [0.1, 0.15) is 10.4 Å². The van der Waals surface area contributed by atoms with Gasteiger partial charge in [-0.25, -0.2) is 0 Å². The first kappa shape index (κ1) is 13.6. The summed E-state index contributed by atoms with van der Waals surface area (Å²) in [6.07, 6.45) is 2.45. The number of aromatic nitrogens is 1. The molecule has 18 heavy (non-hydrogen) atoms. The van der Waals surface area contributed by atoms with Gasteiger partial charge in [0.15, 0.2) is 0 Å². The maximum absolute atomic E-state index is 6.15. The van der Waals surface area contributed by atoms with E-state index in [2.05, 4.69) is 4.98 Å². The highest BCUT2D eigenvalue weighted by molar-refractivity contribution is 7.09. The van der Waals surface area contributed by atoms with Crippen LogP contribution in [0.25, 0.3) is 0 Å². The van der Waals surface area contributed by atoms with E-state index in [9.17, 15) is 0 Å². The lowest BCUT2D eigenvalue weighted by Crippen LogP contribution is -2.05. The van der Waals surface area contributed by atoms with E-state index >= 15 is 0 Å². The normalized spacial score (nSPS) is 10.6. The van der Waals surface area contributed by atoms with Crippen molar-refractivity contribution in [2.24, 2.45) is 5.73 Å². The molecule has 6 heteroatoms. The molecule has 0 atom stereocenters. The molecule has 0 spiro atoms. The van der Waals surface area contributed by atoms with Crippen LogP contribution in [0.5, 0.6) is 5.75 Å². The predicted molar refractivity (Wildman–Crippen MR) is 75.7 cm³/mol. The summed E-state index contributed by atoms with van der Waals surface area (Å²) in [5.41, 5.74) is 8.27. The van der Waals surface area contributed by atoms with Crippen LogP contribution in [0, 0.1) is 0 Å². The molecule has 1 heterocycles. The summed E-state index contributed by atoms with van der Waals surface area (Å²) in [5, 5.41) is 1.10. The Morgan fingerprint density at radius 1 is 1.33 bits per heavy atom. The Balaban J connectivity index is 2.19. The average molecular weight is 303 g/mol. The van der Waals surface area contributed by atoms with Crippen molar-refractivity contribution in [2.45, 2.75) is 13.0 Å². The van der Waals surface area contributed by atoms with Crippen LogP contribution < -0.4 is 10.5 Å². The van der Waals surface area contributed by atoms with Gasteiger partial charge in [-0.15, -0.1) is 11.3 Å². The molecule has 1 aromatic heterocycles. The van der Waals surface area contributed by atoms with Gasteiger partial charge < -0.3 is 10.5 Å². The molecule has 0 unspecified atom stereocenters. The lowest BCUT2D eigenvalue weighted by Gasteiger charge is -2.12. The third-order valence-corrected chi connectivity index (χ3v) is 3.59. The highest BCUT2D eigenvalue weighted by Crippen LogP contribution is 2.33. The minimum Gasteiger partial charge on any atom is -0.486 e. The highest BCUT2D eigenvalue weighted by Gasteiger charge is 2.11. The largest absolute Gasteiger partial charge is 0.486 e. The second-order valence-electron chi connectivity index (χ2n) is 3.67. The van der Waals surface area contributed by atoms with Crippen LogP contribution in [0.4, 0.5) is 0 Å². The van der Waals surface area contributed by atoms with Crippen molar-refractivity contribution in [3.8, 4) is 5.75 Å². The molecule has 0 saturated heterocycles. The van der Waals surface area contributed by atoms with E-state index in [-0.39, 0.29) is 0 Å². The zero-order valence-corrected chi connectivity index (χ0v) is 11.9. The van der Waals surface area contributed by atoms with Gasteiger partial charge in [-0.2, -0.15) is 0 Å². The minimum absolute atomic E-state index is 0.448. The van der Waals surface area contributed by atoms with Gasteiger partial charge in [-0.1, -0.05) is 23.2 Å². The first-order valence-electron chi connectivity index (χ1n) is 5.39. The van der Waals surface area contributed by atoms with Gasteiger partial charge in [-0.3, -0.25) is 4.98 Å². The fraction of sp³-hybridized carbons (Fsp3) is 0.250. The van der Waals surface area contributed by atoms with Crippen LogP contribution in [0.3, 0.4) is 0 Å². The van der Waals surface area contributed by atoms with E-state index in [1.165, 1.54) is 0 Å². The summed E-state index contributed by atoms with van der Waals surface area (Å²) in [6.45, 7) is 0.969. The molecular weight excluding hydrogens is 291 g/mol. The van der Waals surface area contributed by atoms with Gasteiger partial charge in [0.1, 0.15) is 12.4 Å². The number of nitrogens with zero attached hydrogens (tertiary/aromatic N) is 1. The first-order valence-corrected chi connectivity index (χ1v) is 7.02. The summed E-state index contributed by atoms with van der Waals surface area (Å²) in [7, 11) is 0. The molecular formula is C12H12Cl2N2OS. The molecule has 3 nitrogen and oxygen atoms in total. The van der Waals surface area contributed by atoms with Gasteiger partial charge in [0.05, 0.1) is 15.4 Å². The number of nitrogens with two attached hydrogens (primary N) is 1. The number of halogens is 2. The summed E-state index contributed by atoms with van der Waals surface area (Å²) in [6, 6.07) is 3.51. The lowest BCUT2D eigenvalue weighted by atomic mass is 10.1. The smallest absolute Gasteiger partial charge is 0.141 e. The molecule has 0 bridgehead atoms. The molecule has 0 radical (unpaired) electrons. The van der Waals surface area contributed by atoms with Crippen molar-refractivity contribution in [3.05, 3.63) is 44.3 Å². The fourth-order valence-corrected chi connectivity index (χ4v) is 2.67. The Morgan fingerprint density at radius 3 is 2.83 bits per heavy atom. The molecule has 0 aliphatic rings. The molecule has 96 valence electrons. The van der Waals surface area contributed by atoms with E-state index in [1.54, 1.807) is 29.1 Å². The van der Waals surface area contributed by atoms with E-state index < -0.39 is 0 Å². The van der Waals surface area contributed by atoms with Crippen molar-refractivity contribution in [1.82, 2.24) is 4.98 Å². The van der Waals surface area contributed by atoms with Crippen molar-refractivity contribution in [1.29, 1.82) is 0 Å². The van der Waals surface area contributed by atoms with Gasteiger partial charge >= 0.3 is 0 Å². The molecule has 1 aromatic carbocycles. The van der Waals surface area contributed by atoms with Crippen molar-refractivity contribution in [3.63, 3.8) is 0 Å². The molecule has 0 saturated carbocycles. The standard InChI is InChI=1S/C12H12Cl2N2OS/c13-9-3-8(1-2-15)12(11(14)4-9)17-6-10-5-16-7-18-10/h3-5,7H,1-2,6,15H2. The Bertz CT molecular complexity index is 517. The number of ether oxygens (including phenoxy) is 1. The first-order chi connectivity index (χ1) is 8.70. The van der Waals surface area contributed by atoms with Crippen LogP contribution >= 0.6 is 34.5 Å². The van der Waals surface area contributed by atoms with Crippen LogP contribution in [-0.4, -0.2) is 11.5 Å². The van der Waals surface area contributed by atoms with Gasteiger partial charge in [0, 0.05) is 11.2 Å².